The predicted molar refractivity (Wildman–Crippen MR) is 135 cm³/mol. The summed E-state index contributed by atoms with van der Waals surface area (Å²) in [6.07, 6.45) is 2.11. The highest BCUT2D eigenvalue weighted by Crippen LogP contribution is 2.24. The van der Waals surface area contributed by atoms with Gasteiger partial charge in [-0.1, -0.05) is 30.0 Å². The van der Waals surface area contributed by atoms with Crippen LogP contribution in [-0.2, 0) is 27.5 Å². The van der Waals surface area contributed by atoms with Gasteiger partial charge >= 0.3 is 0 Å². The number of ether oxygens (including phenoxy) is 2. The van der Waals surface area contributed by atoms with E-state index in [1.807, 2.05) is 35.8 Å². The van der Waals surface area contributed by atoms with Gasteiger partial charge in [-0.25, -0.2) is 0 Å². The molecule has 0 saturated carbocycles. The molecule has 2 N–H and O–H groups in total. The molecule has 1 aliphatic rings. The third-order valence-electron chi connectivity index (χ3n) is 5.48. The first-order valence-corrected chi connectivity index (χ1v) is 12.5. The van der Waals surface area contributed by atoms with E-state index in [2.05, 4.69) is 20.8 Å². The molecule has 3 aromatic rings. The lowest BCUT2D eigenvalue weighted by Crippen LogP contribution is -2.19. The van der Waals surface area contributed by atoms with Crippen LogP contribution in [0.15, 0.2) is 53.7 Å². The third kappa shape index (κ3) is 7.06. The number of carbonyl (C=O) groups excluding carboxylic acids is 2. The number of benzene rings is 2. The number of nitrogens with one attached hydrogen (secondary N) is 2. The highest BCUT2D eigenvalue weighted by atomic mass is 32.2. The molecule has 2 amide bonds. The van der Waals surface area contributed by atoms with Crippen molar-refractivity contribution >= 4 is 35.0 Å². The molecule has 35 heavy (non-hydrogen) atoms. The van der Waals surface area contributed by atoms with E-state index in [9.17, 15) is 9.59 Å². The molecule has 184 valence electrons. The van der Waals surface area contributed by atoms with Crippen molar-refractivity contribution in [3.63, 3.8) is 0 Å². The van der Waals surface area contributed by atoms with E-state index in [0.29, 0.717) is 28.9 Å². The maximum Gasteiger partial charge on any atom is 0.234 e. The minimum atomic E-state index is -0.161. The van der Waals surface area contributed by atoms with Crippen molar-refractivity contribution in [1.29, 1.82) is 0 Å². The molecular weight excluding hydrogens is 466 g/mol. The molecule has 0 aliphatic carbocycles. The average Bonchev–Trinajstić information content (AvgIpc) is 3.49. The Balaban J connectivity index is 1.39. The van der Waals surface area contributed by atoms with Crippen molar-refractivity contribution in [2.24, 2.45) is 0 Å². The lowest BCUT2D eigenvalue weighted by atomic mass is 10.2. The summed E-state index contributed by atoms with van der Waals surface area (Å²) in [5, 5.41) is 14.9. The summed E-state index contributed by atoms with van der Waals surface area (Å²) in [5.41, 5.74) is 2.37. The molecule has 1 saturated heterocycles. The summed E-state index contributed by atoms with van der Waals surface area (Å²) in [7, 11) is 0. The zero-order valence-corrected chi connectivity index (χ0v) is 20.6. The molecule has 1 fully saturated rings. The van der Waals surface area contributed by atoms with Gasteiger partial charge in [0.05, 0.1) is 18.4 Å². The van der Waals surface area contributed by atoms with Gasteiger partial charge in [0.1, 0.15) is 12.4 Å². The first-order valence-electron chi connectivity index (χ1n) is 11.5. The molecule has 10 heteroatoms. The molecule has 2 heterocycles. The molecule has 2 aromatic carbocycles. The molecule has 0 bridgehead atoms. The molecule has 0 unspecified atom stereocenters. The topological polar surface area (TPSA) is 107 Å². The fourth-order valence-corrected chi connectivity index (χ4v) is 4.50. The molecule has 0 spiro atoms. The van der Waals surface area contributed by atoms with Crippen LogP contribution in [0.25, 0.3) is 0 Å². The lowest BCUT2D eigenvalue weighted by Gasteiger charge is -2.15. The molecule has 1 aromatic heterocycles. The van der Waals surface area contributed by atoms with Gasteiger partial charge in [-0.3, -0.25) is 9.59 Å². The summed E-state index contributed by atoms with van der Waals surface area (Å²) in [6, 6.07) is 14.8. The summed E-state index contributed by atoms with van der Waals surface area (Å²) >= 11 is 1.32. The number of carbonyl (C=O) groups is 2. The maximum atomic E-state index is 12.6. The van der Waals surface area contributed by atoms with E-state index in [-0.39, 0.29) is 30.3 Å². The number of thioether (sulfide) groups is 1. The van der Waals surface area contributed by atoms with Crippen molar-refractivity contribution < 1.29 is 19.1 Å². The Morgan fingerprint density at radius 3 is 2.54 bits per heavy atom. The second-order valence-corrected chi connectivity index (χ2v) is 9.24. The van der Waals surface area contributed by atoms with Crippen LogP contribution in [0.2, 0.25) is 0 Å². The number of rotatable bonds is 10. The van der Waals surface area contributed by atoms with Gasteiger partial charge in [-0.05, 0) is 55.7 Å². The SMILES string of the molecule is CC(=O)Nc1ccc(NC(=O)CSc2nnc(COc3ccccc3C)n2C[C@@H]2CCCO2)cc1. The van der Waals surface area contributed by atoms with Gasteiger partial charge in [0, 0.05) is 24.9 Å². The third-order valence-corrected chi connectivity index (χ3v) is 6.44. The maximum absolute atomic E-state index is 12.6. The number of hydrogen-bond acceptors (Lipinski definition) is 7. The summed E-state index contributed by atoms with van der Waals surface area (Å²) in [6.45, 7) is 5.10. The van der Waals surface area contributed by atoms with E-state index < -0.39 is 0 Å². The number of nitrogens with zero attached hydrogens (tertiary/aromatic N) is 3. The summed E-state index contributed by atoms with van der Waals surface area (Å²) < 4.78 is 13.8. The Hall–Kier alpha value is -3.37. The second-order valence-electron chi connectivity index (χ2n) is 8.29. The molecule has 4 rings (SSSR count). The Kier molecular flexibility index (Phi) is 8.38. The number of aryl methyl sites for hydroxylation is 1. The van der Waals surface area contributed by atoms with E-state index in [1.54, 1.807) is 24.3 Å². The van der Waals surface area contributed by atoms with Gasteiger partial charge in [0.25, 0.3) is 0 Å². The molecular formula is C25H29N5O4S. The van der Waals surface area contributed by atoms with Gasteiger partial charge < -0.3 is 24.7 Å². The van der Waals surface area contributed by atoms with Crippen molar-refractivity contribution in [3.8, 4) is 5.75 Å². The standard InChI is InChI=1S/C25H29N5O4S/c1-17-6-3-4-8-22(17)34-15-23-28-29-25(30(23)14-21-7-5-13-33-21)35-16-24(32)27-20-11-9-19(10-12-20)26-18(2)31/h3-4,6,8-12,21H,5,7,13-16H2,1-2H3,(H,26,31)(H,27,32)/t21-/m0/s1. The van der Waals surface area contributed by atoms with Crippen LogP contribution >= 0.6 is 11.8 Å². The normalized spacial score (nSPS) is 15.1. The van der Waals surface area contributed by atoms with Crippen LogP contribution in [-0.4, -0.2) is 45.0 Å². The molecule has 9 nitrogen and oxygen atoms in total. The minimum Gasteiger partial charge on any atom is -0.485 e. The Labute approximate surface area is 208 Å². The van der Waals surface area contributed by atoms with Crippen LogP contribution in [0, 0.1) is 6.92 Å². The smallest absolute Gasteiger partial charge is 0.234 e. The highest BCUT2D eigenvalue weighted by molar-refractivity contribution is 7.99. The van der Waals surface area contributed by atoms with Gasteiger partial charge in [0.15, 0.2) is 11.0 Å². The van der Waals surface area contributed by atoms with Crippen molar-refractivity contribution in [1.82, 2.24) is 14.8 Å². The van der Waals surface area contributed by atoms with E-state index in [0.717, 1.165) is 30.8 Å². The van der Waals surface area contributed by atoms with Crippen molar-refractivity contribution in [3.05, 3.63) is 59.9 Å². The number of para-hydroxylation sites is 1. The lowest BCUT2D eigenvalue weighted by molar-refractivity contribution is -0.114. The van der Waals surface area contributed by atoms with Crippen LogP contribution in [0.5, 0.6) is 5.75 Å². The Morgan fingerprint density at radius 1 is 1.11 bits per heavy atom. The number of hydrogen-bond donors (Lipinski definition) is 2. The Morgan fingerprint density at radius 2 is 1.86 bits per heavy atom. The quantitative estimate of drug-likeness (QED) is 0.409. The number of aromatic nitrogens is 3. The van der Waals surface area contributed by atoms with E-state index in [4.69, 9.17) is 9.47 Å². The fraction of sp³-hybridized carbons (Fsp3) is 0.360. The van der Waals surface area contributed by atoms with Gasteiger partial charge in [0.2, 0.25) is 11.8 Å². The largest absolute Gasteiger partial charge is 0.485 e. The van der Waals surface area contributed by atoms with Crippen molar-refractivity contribution in [2.75, 3.05) is 23.0 Å². The average molecular weight is 496 g/mol. The summed E-state index contributed by atoms with van der Waals surface area (Å²) in [4.78, 5) is 23.7. The zero-order chi connectivity index (χ0) is 24.6. The van der Waals surface area contributed by atoms with E-state index in [1.165, 1.54) is 18.7 Å². The van der Waals surface area contributed by atoms with Gasteiger partial charge in [-0.15, -0.1) is 10.2 Å². The monoisotopic (exact) mass is 495 g/mol. The summed E-state index contributed by atoms with van der Waals surface area (Å²) in [5.74, 6) is 1.37. The second kappa shape index (κ2) is 11.9. The molecule has 1 atom stereocenters. The first-order chi connectivity index (χ1) is 17.0. The van der Waals surface area contributed by atoms with Crippen molar-refractivity contribution in [2.45, 2.75) is 51.1 Å². The van der Waals surface area contributed by atoms with E-state index >= 15 is 0 Å². The predicted octanol–water partition coefficient (Wildman–Crippen LogP) is 4.03. The fourth-order valence-electron chi connectivity index (χ4n) is 3.74. The van der Waals surface area contributed by atoms with Crippen LogP contribution in [0.4, 0.5) is 11.4 Å². The van der Waals surface area contributed by atoms with Gasteiger partial charge in [-0.2, -0.15) is 0 Å². The number of anilines is 2. The number of amides is 2. The highest BCUT2D eigenvalue weighted by Gasteiger charge is 2.22. The minimum absolute atomic E-state index is 0.0958. The zero-order valence-electron chi connectivity index (χ0n) is 19.8. The van der Waals surface area contributed by atoms with Crippen LogP contribution in [0.3, 0.4) is 0 Å². The first kappa shape index (κ1) is 24.7. The Bertz CT molecular complexity index is 1160. The van der Waals surface area contributed by atoms with Crippen LogP contribution in [0.1, 0.15) is 31.2 Å². The van der Waals surface area contributed by atoms with Crippen LogP contribution < -0.4 is 15.4 Å². The molecule has 0 radical (unpaired) electrons. The molecule has 1 aliphatic heterocycles.